The molecule has 0 aromatic carbocycles. The van der Waals surface area contributed by atoms with E-state index in [9.17, 15) is 22.8 Å². The molecule has 0 rings (SSSR count). The number of hydrogen-bond donors (Lipinski definition) is 0. The van der Waals surface area contributed by atoms with Crippen LogP contribution in [0.1, 0.15) is 39.5 Å². The fourth-order valence-corrected chi connectivity index (χ4v) is 1.11. The molecule has 116 valence electrons. The minimum absolute atomic E-state index is 0.0360. The van der Waals surface area contributed by atoms with Gasteiger partial charge in [0.2, 0.25) is 0 Å². The summed E-state index contributed by atoms with van der Waals surface area (Å²) in [7, 11) is 0. The summed E-state index contributed by atoms with van der Waals surface area (Å²) in [5, 5.41) is 0. The van der Waals surface area contributed by atoms with Gasteiger partial charge in [0.15, 0.2) is 6.10 Å². The van der Waals surface area contributed by atoms with Crippen molar-refractivity contribution >= 4 is 11.9 Å². The largest absolute Gasteiger partial charge is 0.465 e. The van der Waals surface area contributed by atoms with Gasteiger partial charge in [-0.2, -0.15) is 13.2 Å². The number of carbonyl (C=O) groups excluding carboxylic acids is 2. The maximum Gasteiger partial charge on any atom is 0.425 e. The summed E-state index contributed by atoms with van der Waals surface area (Å²) in [6, 6.07) is 0. The molecule has 0 aliphatic heterocycles. The number of halogens is 3. The van der Waals surface area contributed by atoms with Gasteiger partial charge in [-0.05, 0) is 20.3 Å². The lowest BCUT2D eigenvalue weighted by Gasteiger charge is -2.16. The van der Waals surface area contributed by atoms with Gasteiger partial charge in [-0.15, -0.1) is 6.58 Å². The van der Waals surface area contributed by atoms with Crippen LogP contribution in [0, 0.1) is 0 Å². The average molecular weight is 296 g/mol. The van der Waals surface area contributed by atoms with E-state index in [1.54, 1.807) is 6.92 Å². The van der Waals surface area contributed by atoms with Crippen molar-refractivity contribution in [1.29, 1.82) is 0 Å². The lowest BCUT2D eigenvalue weighted by atomic mass is 10.2. The van der Waals surface area contributed by atoms with Crippen LogP contribution in [0.25, 0.3) is 0 Å². The van der Waals surface area contributed by atoms with Crippen molar-refractivity contribution in [1.82, 2.24) is 0 Å². The zero-order chi connectivity index (χ0) is 15.8. The molecule has 0 fully saturated rings. The van der Waals surface area contributed by atoms with Gasteiger partial charge < -0.3 is 9.47 Å². The van der Waals surface area contributed by atoms with E-state index in [4.69, 9.17) is 4.74 Å². The van der Waals surface area contributed by atoms with Crippen molar-refractivity contribution in [3.05, 3.63) is 12.2 Å². The SMILES string of the molecule is C=C(C)CCOC(=O)CCCC(=O)OC(C)C(F)(F)F. The molecule has 1 atom stereocenters. The summed E-state index contributed by atoms with van der Waals surface area (Å²) >= 11 is 0. The van der Waals surface area contributed by atoms with Gasteiger partial charge in [-0.1, -0.05) is 5.57 Å². The Morgan fingerprint density at radius 3 is 2.20 bits per heavy atom. The quantitative estimate of drug-likeness (QED) is 0.510. The smallest absolute Gasteiger partial charge is 0.425 e. The van der Waals surface area contributed by atoms with E-state index < -0.39 is 24.2 Å². The van der Waals surface area contributed by atoms with Crippen molar-refractivity contribution in [2.75, 3.05) is 6.61 Å². The van der Waals surface area contributed by atoms with E-state index in [2.05, 4.69) is 11.3 Å². The number of esters is 2. The van der Waals surface area contributed by atoms with Crippen molar-refractivity contribution in [2.45, 2.75) is 51.8 Å². The third-order valence-corrected chi connectivity index (χ3v) is 2.32. The molecule has 0 aliphatic carbocycles. The third kappa shape index (κ3) is 9.41. The van der Waals surface area contributed by atoms with Crippen LogP contribution < -0.4 is 0 Å². The van der Waals surface area contributed by atoms with Gasteiger partial charge in [0, 0.05) is 19.3 Å². The molecule has 0 aliphatic rings. The molecule has 0 heterocycles. The van der Waals surface area contributed by atoms with E-state index in [0.29, 0.717) is 6.42 Å². The molecule has 0 radical (unpaired) electrons. The molecule has 0 saturated heterocycles. The summed E-state index contributed by atoms with van der Waals surface area (Å²) < 4.78 is 45.3. The van der Waals surface area contributed by atoms with Crippen LogP contribution in [0.3, 0.4) is 0 Å². The molecule has 7 heteroatoms. The highest BCUT2D eigenvalue weighted by atomic mass is 19.4. The normalized spacial score (nSPS) is 12.7. The first-order valence-corrected chi connectivity index (χ1v) is 6.19. The van der Waals surface area contributed by atoms with Crippen LogP contribution in [0.4, 0.5) is 13.2 Å². The van der Waals surface area contributed by atoms with Crippen LogP contribution in [0.5, 0.6) is 0 Å². The number of hydrogen-bond acceptors (Lipinski definition) is 4. The Bertz CT molecular complexity index is 350. The van der Waals surface area contributed by atoms with E-state index >= 15 is 0 Å². The Balaban J connectivity index is 3.76. The molecule has 0 amide bonds. The first-order chi connectivity index (χ1) is 9.12. The van der Waals surface area contributed by atoms with Crippen molar-refractivity contribution in [2.24, 2.45) is 0 Å². The molecule has 0 bridgehead atoms. The summed E-state index contributed by atoms with van der Waals surface area (Å²) in [5.41, 5.74) is 0.877. The molecule has 0 saturated carbocycles. The standard InChI is InChI=1S/C13H19F3O4/c1-9(2)7-8-19-11(17)5-4-6-12(18)20-10(3)13(14,15)16/h10H,1,4-8H2,2-3H3. The topological polar surface area (TPSA) is 52.6 Å². The van der Waals surface area contributed by atoms with Gasteiger partial charge in [-0.25, -0.2) is 0 Å². The Morgan fingerprint density at radius 2 is 1.70 bits per heavy atom. The van der Waals surface area contributed by atoms with Crippen LogP contribution in [-0.2, 0) is 19.1 Å². The van der Waals surface area contributed by atoms with E-state index in [1.165, 1.54) is 0 Å². The summed E-state index contributed by atoms with van der Waals surface area (Å²) in [5.74, 6) is -1.48. The molecule has 20 heavy (non-hydrogen) atoms. The summed E-state index contributed by atoms with van der Waals surface area (Å²) in [6.45, 7) is 6.40. The Morgan fingerprint density at radius 1 is 1.15 bits per heavy atom. The predicted octanol–water partition coefficient (Wildman–Crippen LogP) is 3.16. The second-order valence-electron chi connectivity index (χ2n) is 4.45. The number of alkyl halides is 3. The highest BCUT2D eigenvalue weighted by Crippen LogP contribution is 2.22. The summed E-state index contributed by atoms with van der Waals surface area (Å²) in [6.07, 6.45) is -6.36. The predicted molar refractivity (Wildman–Crippen MR) is 65.9 cm³/mol. The molecule has 1 unspecified atom stereocenters. The molecule has 4 nitrogen and oxygen atoms in total. The fourth-order valence-electron chi connectivity index (χ4n) is 1.11. The first-order valence-electron chi connectivity index (χ1n) is 6.19. The van der Waals surface area contributed by atoms with E-state index in [-0.39, 0.29) is 25.9 Å². The van der Waals surface area contributed by atoms with Crippen LogP contribution in [-0.4, -0.2) is 30.8 Å². The van der Waals surface area contributed by atoms with Crippen molar-refractivity contribution in [3.63, 3.8) is 0 Å². The lowest BCUT2D eigenvalue weighted by Crippen LogP contribution is -2.30. The van der Waals surface area contributed by atoms with Gasteiger partial charge in [-0.3, -0.25) is 9.59 Å². The number of carbonyl (C=O) groups is 2. The van der Waals surface area contributed by atoms with Gasteiger partial charge in [0.1, 0.15) is 0 Å². The minimum atomic E-state index is -4.57. The van der Waals surface area contributed by atoms with Crippen LogP contribution in [0.15, 0.2) is 12.2 Å². The Labute approximate surface area is 115 Å². The van der Waals surface area contributed by atoms with Gasteiger partial charge in [0.25, 0.3) is 0 Å². The zero-order valence-electron chi connectivity index (χ0n) is 11.6. The minimum Gasteiger partial charge on any atom is -0.465 e. The molecular weight excluding hydrogens is 277 g/mol. The average Bonchev–Trinajstić information content (AvgIpc) is 2.26. The second kappa shape index (κ2) is 8.60. The summed E-state index contributed by atoms with van der Waals surface area (Å²) in [4.78, 5) is 22.3. The van der Waals surface area contributed by atoms with E-state index in [0.717, 1.165) is 12.5 Å². The molecule has 0 aromatic rings. The fraction of sp³-hybridized carbons (Fsp3) is 0.692. The zero-order valence-corrected chi connectivity index (χ0v) is 11.6. The lowest BCUT2D eigenvalue weighted by molar-refractivity contribution is -0.216. The number of ether oxygens (including phenoxy) is 2. The molecule has 0 spiro atoms. The van der Waals surface area contributed by atoms with Crippen molar-refractivity contribution in [3.8, 4) is 0 Å². The highest BCUT2D eigenvalue weighted by Gasteiger charge is 2.38. The first kappa shape index (κ1) is 18.5. The maximum absolute atomic E-state index is 12.1. The molecule has 0 aromatic heterocycles. The molecule has 0 N–H and O–H groups in total. The third-order valence-electron chi connectivity index (χ3n) is 2.32. The van der Waals surface area contributed by atoms with Gasteiger partial charge in [0.05, 0.1) is 6.61 Å². The Hall–Kier alpha value is -1.53. The van der Waals surface area contributed by atoms with E-state index in [1.807, 2.05) is 0 Å². The second-order valence-corrected chi connectivity index (χ2v) is 4.45. The Kier molecular flexibility index (Phi) is 7.94. The molecular formula is C13H19F3O4. The monoisotopic (exact) mass is 296 g/mol. The number of rotatable bonds is 8. The highest BCUT2D eigenvalue weighted by molar-refractivity contribution is 5.72. The van der Waals surface area contributed by atoms with Crippen LogP contribution in [0.2, 0.25) is 0 Å². The van der Waals surface area contributed by atoms with Gasteiger partial charge >= 0.3 is 18.1 Å². The maximum atomic E-state index is 12.1. The van der Waals surface area contributed by atoms with Crippen LogP contribution >= 0.6 is 0 Å². The van der Waals surface area contributed by atoms with Crippen molar-refractivity contribution < 1.29 is 32.2 Å².